The van der Waals surface area contributed by atoms with Gasteiger partial charge in [0.2, 0.25) is 0 Å². The van der Waals surface area contributed by atoms with Crippen LogP contribution in [0.1, 0.15) is 37.4 Å². The molecule has 1 N–H and O–H groups in total. The topological polar surface area (TPSA) is 24.9 Å². The van der Waals surface area contributed by atoms with Gasteiger partial charge in [-0.1, -0.05) is 18.2 Å². The SMILES string of the molecule is Cc1cc(C2CCNC2(C)C)c2ccccc2n1. The summed E-state index contributed by atoms with van der Waals surface area (Å²) in [5.74, 6) is 0.573. The van der Waals surface area contributed by atoms with E-state index in [1.807, 2.05) is 0 Å². The maximum Gasteiger partial charge on any atom is 0.0708 e. The molecule has 2 aromatic rings. The summed E-state index contributed by atoms with van der Waals surface area (Å²) in [7, 11) is 0. The second kappa shape index (κ2) is 4.06. The number of nitrogens with zero attached hydrogens (tertiary/aromatic N) is 1. The first-order chi connectivity index (χ1) is 8.58. The van der Waals surface area contributed by atoms with Gasteiger partial charge in [0.1, 0.15) is 0 Å². The first kappa shape index (κ1) is 11.7. The zero-order valence-corrected chi connectivity index (χ0v) is 11.3. The molecular formula is C16H20N2. The number of benzene rings is 1. The van der Waals surface area contributed by atoms with E-state index in [1.54, 1.807) is 0 Å². The lowest BCUT2D eigenvalue weighted by molar-refractivity contribution is 0.412. The van der Waals surface area contributed by atoms with E-state index in [4.69, 9.17) is 0 Å². The van der Waals surface area contributed by atoms with Crippen LogP contribution in [0.15, 0.2) is 30.3 Å². The number of para-hydroxylation sites is 1. The third-order valence-corrected chi connectivity index (χ3v) is 4.14. The molecule has 2 nitrogen and oxygen atoms in total. The normalized spacial score (nSPS) is 22.5. The van der Waals surface area contributed by atoms with E-state index < -0.39 is 0 Å². The molecule has 0 saturated carbocycles. The van der Waals surface area contributed by atoms with E-state index in [-0.39, 0.29) is 5.54 Å². The molecule has 18 heavy (non-hydrogen) atoms. The molecule has 0 aliphatic carbocycles. The second-order valence-electron chi connectivity index (χ2n) is 5.86. The van der Waals surface area contributed by atoms with Crippen molar-refractivity contribution in [2.45, 2.75) is 38.6 Å². The lowest BCUT2D eigenvalue weighted by Gasteiger charge is -2.28. The summed E-state index contributed by atoms with van der Waals surface area (Å²) in [5.41, 5.74) is 3.87. The van der Waals surface area contributed by atoms with E-state index in [2.05, 4.69) is 61.4 Å². The number of hydrogen-bond donors (Lipinski definition) is 1. The Balaban J connectivity index is 2.22. The third kappa shape index (κ3) is 1.81. The lowest BCUT2D eigenvalue weighted by Crippen LogP contribution is -2.36. The molecule has 1 atom stereocenters. The average Bonchev–Trinajstić information content (AvgIpc) is 2.67. The molecule has 0 amide bonds. The fourth-order valence-electron chi connectivity index (χ4n) is 3.20. The highest BCUT2D eigenvalue weighted by atomic mass is 15.0. The number of hydrogen-bond acceptors (Lipinski definition) is 2. The summed E-state index contributed by atoms with van der Waals surface area (Å²) < 4.78 is 0. The van der Waals surface area contributed by atoms with Gasteiger partial charge < -0.3 is 5.32 Å². The van der Waals surface area contributed by atoms with E-state index in [9.17, 15) is 0 Å². The van der Waals surface area contributed by atoms with Crippen LogP contribution in [-0.4, -0.2) is 17.1 Å². The Hall–Kier alpha value is -1.41. The fourth-order valence-corrected chi connectivity index (χ4v) is 3.20. The first-order valence-electron chi connectivity index (χ1n) is 6.69. The van der Waals surface area contributed by atoms with Gasteiger partial charge >= 0.3 is 0 Å². The molecular weight excluding hydrogens is 220 g/mol. The molecule has 1 fully saturated rings. The molecule has 1 aromatic heterocycles. The molecule has 1 aliphatic rings. The fraction of sp³-hybridized carbons (Fsp3) is 0.438. The summed E-state index contributed by atoms with van der Waals surface area (Å²) in [4.78, 5) is 4.64. The number of aromatic nitrogens is 1. The molecule has 2 heteroatoms. The Labute approximate surface area is 108 Å². The van der Waals surface area contributed by atoms with Crippen molar-refractivity contribution in [1.29, 1.82) is 0 Å². The van der Waals surface area contributed by atoms with Crippen LogP contribution in [0.4, 0.5) is 0 Å². The van der Waals surface area contributed by atoms with Crippen molar-refractivity contribution in [3.05, 3.63) is 41.6 Å². The van der Waals surface area contributed by atoms with Crippen LogP contribution in [0.5, 0.6) is 0 Å². The van der Waals surface area contributed by atoms with Crippen molar-refractivity contribution >= 4 is 10.9 Å². The number of fused-ring (bicyclic) bond motifs is 1. The summed E-state index contributed by atoms with van der Waals surface area (Å²) in [6.45, 7) is 7.79. The average molecular weight is 240 g/mol. The van der Waals surface area contributed by atoms with Gasteiger partial charge in [-0.15, -0.1) is 0 Å². The van der Waals surface area contributed by atoms with Crippen LogP contribution < -0.4 is 5.32 Å². The minimum Gasteiger partial charge on any atom is -0.311 e. The first-order valence-corrected chi connectivity index (χ1v) is 6.69. The van der Waals surface area contributed by atoms with Crippen LogP contribution in [0, 0.1) is 6.92 Å². The van der Waals surface area contributed by atoms with Gasteiger partial charge in [-0.3, -0.25) is 4.98 Å². The van der Waals surface area contributed by atoms with Gasteiger partial charge in [-0.2, -0.15) is 0 Å². The highest BCUT2D eigenvalue weighted by Crippen LogP contribution is 2.38. The van der Waals surface area contributed by atoms with Crippen molar-refractivity contribution in [3.8, 4) is 0 Å². The van der Waals surface area contributed by atoms with Gasteiger partial charge in [-0.05, 0) is 51.4 Å². The van der Waals surface area contributed by atoms with Crippen molar-refractivity contribution in [1.82, 2.24) is 10.3 Å². The Morgan fingerprint density at radius 2 is 2.06 bits per heavy atom. The minimum absolute atomic E-state index is 0.177. The summed E-state index contributed by atoms with van der Waals surface area (Å²) in [6.07, 6.45) is 1.21. The number of aryl methyl sites for hydroxylation is 1. The molecule has 1 saturated heterocycles. The Morgan fingerprint density at radius 1 is 1.28 bits per heavy atom. The Bertz CT molecular complexity index is 587. The number of rotatable bonds is 1. The molecule has 0 bridgehead atoms. The molecule has 1 unspecified atom stereocenters. The maximum absolute atomic E-state index is 4.64. The van der Waals surface area contributed by atoms with E-state index in [1.165, 1.54) is 17.4 Å². The highest BCUT2D eigenvalue weighted by molar-refractivity contribution is 5.83. The molecule has 0 radical (unpaired) electrons. The molecule has 1 aliphatic heterocycles. The predicted molar refractivity (Wildman–Crippen MR) is 75.9 cm³/mol. The van der Waals surface area contributed by atoms with E-state index in [0.29, 0.717) is 5.92 Å². The summed E-state index contributed by atoms with van der Waals surface area (Å²) in [5, 5.41) is 4.92. The monoisotopic (exact) mass is 240 g/mol. The predicted octanol–water partition coefficient (Wildman–Crippen LogP) is 3.40. The molecule has 2 heterocycles. The molecule has 1 aromatic carbocycles. The van der Waals surface area contributed by atoms with Crippen molar-refractivity contribution in [3.63, 3.8) is 0 Å². The van der Waals surface area contributed by atoms with Gasteiger partial charge in [0.15, 0.2) is 0 Å². The van der Waals surface area contributed by atoms with Crippen LogP contribution in [0.25, 0.3) is 10.9 Å². The summed E-state index contributed by atoms with van der Waals surface area (Å²) in [6, 6.07) is 10.8. The van der Waals surface area contributed by atoms with Crippen molar-refractivity contribution in [2.75, 3.05) is 6.54 Å². The highest BCUT2D eigenvalue weighted by Gasteiger charge is 2.35. The quantitative estimate of drug-likeness (QED) is 0.826. The minimum atomic E-state index is 0.177. The number of nitrogens with one attached hydrogen (secondary N) is 1. The van der Waals surface area contributed by atoms with Gasteiger partial charge in [0.25, 0.3) is 0 Å². The number of pyridine rings is 1. The molecule has 3 rings (SSSR count). The van der Waals surface area contributed by atoms with Crippen LogP contribution >= 0.6 is 0 Å². The Kier molecular flexibility index (Phi) is 2.63. The van der Waals surface area contributed by atoms with Crippen LogP contribution in [0.2, 0.25) is 0 Å². The van der Waals surface area contributed by atoms with Crippen LogP contribution in [0.3, 0.4) is 0 Å². The zero-order valence-electron chi connectivity index (χ0n) is 11.3. The second-order valence-corrected chi connectivity index (χ2v) is 5.86. The van der Waals surface area contributed by atoms with Gasteiger partial charge in [-0.25, -0.2) is 0 Å². The van der Waals surface area contributed by atoms with Crippen molar-refractivity contribution < 1.29 is 0 Å². The molecule has 94 valence electrons. The third-order valence-electron chi connectivity index (χ3n) is 4.14. The summed E-state index contributed by atoms with van der Waals surface area (Å²) >= 11 is 0. The largest absolute Gasteiger partial charge is 0.311 e. The standard InChI is InChI=1S/C16H20N2/c1-11-10-13(14-8-9-17-16(14,2)3)12-6-4-5-7-15(12)18-11/h4-7,10,14,17H,8-9H2,1-3H3. The Morgan fingerprint density at radius 3 is 2.78 bits per heavy atom. The lowest BCUT2D eigenvalue weighted by atomic mass is 9.81. The molecule has 0 spiro atoms. The van der Waals surface area contributed by atoms with Gasteiger partial charge in [0, 0.05) is 22.5 Å². The van der Waals surface area contributed by atoms with E-state index >= 15 is 0 Å². The van der Waals surface area contributed by atoms with Crippen LogP contribution in [-0.2, 0) is 0 Å². The smallest absolute Gasteiger partial charge is 0.0708 e. The maximum atomic E-state index is 4.64. The van der Waals surface area contributed by atoms with Crippen molar-refractivity contribution in [2.24, 2.45) is 0 Å². The van der Waals surface area contributed by atoms with E-state index in [0.717, 1.165) is 17.8 Å². The zero-order chi connectivity index (χ0) is 12.8. The van der Waals surface area contributed by atoms with Gasteiger partial charge in [0.05, 0.1) is 5.52 Å².